The molecule has 1 nitrogen and oxygen atoms in total. The van der Waals surface area contributed by atoms with Crippen LogP contribution in [-0.2, 0) is 0 Å². The van der Waals surface area contributed by atoms with E-state index in [0.29, 0.717) is 0 Å². The second-order valence-electron chi connectivity index (χ2n) is 2.71. The van der Waals surface area contributed by atoms with Gasteiger partial charge >= 0.3 is 0 Å². The van der Waals surface area contributed by atoms with Gasteiger partial charge in [-0.1, -0.05) is 18.2 Å². The largest absolute Gasteiger partial charge is 0.497 e. The Bertz CT molecular complexity index is 379. The number of ether oxygens (including phenoxy) is 1. The molecule has 1 aromatic carbocycles. The standard InChI is InChI=1S/C11H10OS/c1-12-10-5-2-4-9(8-10)11-6-3-7-13-11/h2-8H,1H3. The van der Waals surface area contributed by atoms with Gasteiger partial charge in [0.05, 0.1) is 7.11 Å². The molecule has 0 fully saturated rings. The van der Waals surface area contributed by atoms with Crippen LogP contribution in [0.25, 0.3) is 10.4 Å². The number of hydrogen-bond acceptors (Lipinski definition) is 2. The SMILES string of the molecule is COc1cccc(-c2cccs2)c1. The highest BCUT2D eigenvalue weighted by Gasteiger charge is 1.98. The molecule has 0 aliphatic carbocycles. The molecule has 0 saturated heterocycles. The van der Waals surface area contributed by atoms with Gasteiger partial charge in [0.1, 0.15) is 5.75 Å². The van der Waals surface area contributed by atoms with Crippen LogP contribution in [0.3, 0.4) is 0 Å². The van der Waals surface area contributed by atoms with Crippen LogP contribution in [-0.4, -0.2) is 7.11 Å². The van der Waals surface area contributed by atoms with Crippen molar-refractivity contribution in [1.29, 1.82) is 0 Å². The molecular formula is C11H10OS. The zero-order valence-electron chi connectivity index (χ0n) is 7.36. The normalized spacial score (nSPS) is 9.92. The maximum absolute atomic E-state index is 5.16. The molecule has 2 heteroatoms. The van der Waals surface area contributed by atoms with Crippen molar-refractivity contribution in [3.8, 4) is 16.2 Å². The van der Waals surface area contributed by atoms with Crippen molar-refractivity contribution in [2.75, 3.05) is 7.11 Å². The van der Waals surface area contributed by atoms with Crippen molar-refractivity contribution >= 4 is 11.3 Å². The van der Waals surface area contributed by atoms with Crippen molar-refractivity contribution < 1.29 is 4.74 Å². The number of benzene rings is 1. The maximum Gasteiger partial charge on any atom is 0.119 e. The number of rotatable bonds is 2. The van der Waals surface area contributed by atoms with Crippen LogP contribution >= 0.6 is 11.3 Å². The summed E-state index contributed by atoms with van der Waals surface area (Å²) in [5, 5.41) is 2.08. The lowest BCUT2D eigenvalue weighted by molar-refractivity contribution is 0.415. The minimum Gasteiger partial charge on any atom is -0.497 e. The van der Waals surface area contributed by atoms with E-state index in [1.165, 1.54) is 10.4 Å². The molecule has 0 N–H and O–H groups in total. The second kappa shape index (κ2) is 3.62. The van der Waals surface area contributed by atoms with Gasteiger partial charge in [-0.25, -0.2) is 0 Å². The Hall–Kier alpha value is -1.28. The molecule has 0 bridgehead atoms. The maximum atomic E-state index is 5.16. The van der Waals surface area contributed by atoms with Crippen LogP contribution in [0.2, 0.25) is 0 Å². The fourth-order valence-corrected chi connectivity index (χ4v) is 1.94. The highest BCUT2D eigenvalue weighted by molar-refractivity contribution is 7.13. The minimum atomic E-state index is 0.908. The highest BCUT2D eigenvalue weighted by Crippen LogP contribution is 2.27. The van der Waals surface area contributed by atoms with Crippen LogP contribution < -0.4 is 4.74 Å². The molecule has 0 aliphatic rings. The minimum absolute atomic E-state index is 0.908. The van der Waals surface area contributed by atoms with Crippen molar-refractivity contribution in [2.45, 2.75) is 0 Å². The van der Waals surface area contributed by atoms with Gasteiger partial charge in [0, 0.05) is 4.88 Å². The predicted octanol–water partition coefficient (Wildman–Crippen LogP) is 3.42. The molecule has 1 heterocycles. The summed E-state index contributed by atoms with van der Waals surface area (Å²) in [5.74, 6) is 0.908. The molecule has 13 heavy (non-hydrogen) atoms. The Balaban J connectivity index is 2.41. The summed E-state index contributed by atoms with van der Waals surface area (Å²) < 4.78 is 5.16. The fourth-order valence-electron chi connectivity index (χ4n) is 1.22. The van der Waals surface area contributed by atoms with Crippen LogP contribution in [0.15, 0.2) is 41.8 Å². The Morgan fingerprint density at radius 1 is 1.15 bits per heavy atom. The van der Waals surface area contributed by atoms with Crippen LogP contribution in [0.5, 0.6) is 5.75 Å². The Morgan fingerprint density at radius 3 is 2.77 bits per heavy atom. The summed E-state index contributed by atoms with van der Waals surface area (Å²) in [6.45, 7) is 0. The van der Waals surface area contributed by atoms with Gasteiger partial charge in [0.15, 0.2) is 0 Å². The summed E-state index contributed by atoms with van der Waals surface area (Å²) in [6, 6.07) is 12.3. The smallest absolute Gasteiger partial charge is 0.119 e. The quantitative estimate of drug-likeness (QED) is 0.705. The van der Waals surface area contributed by atoms with E-state index in [0.717, 1.165) is 5.75 Å². The van der Waals surface area contributed by atoms with Crippen molar-refractivity contribution in [3.63, 3.8) is 0 Å². The van der Waals surface area contributed by atoms with E-state index in [-0.39, 0.29) is 0 Å². The number of thiophene rings is 1. The van der Waals surface area contributed by atoms with Gasteiger partial charge in [0.2, 0.25) is 0 Å². The molecule has 0 spiro atoms. The zero-order chi connectivity index (χ0) is 9.10. The average Bonchev–Trinajstić information content (AvgIpc) is 2.71. The topological polar surface area (TPSA) is 9.23 Å². The van der Waals surface area contributed by atoms with Gasteiger partial charge in [0.25, 0.3) is 0 Å². The third-order valence-corrected chi connectivity index (χ3v) is 2.79. The van der Waals surface area contributed by atoms with E-state index < -0.39 is 0 Å². The van der Waals surface area contributed by atoms with Crippen LogP contribution in [0, 0.1) is 0 Å². The summed E-state index contributed by atoms with van der Waals surface area (Å²) in [5.41, 5.74) is 1.22. The highest BCUT2D eigenvalue weighted by atomic mass is 32.1. The van der Waals surface area contributed by atoms with E-state index in [1.807, 2.05) is 18.2 Å². The van der Waals surface area contributed by atoms with E-state index in [2.05, 4.69) is 23.6 Å². The zero-order valence-corrected chi connectivity index (χ0v) is 8.17. The molecule has 0 saturated carbocycles. The molecular weight excluding hydrogens is 180 g/mol. The van der Waals surface area contributed by atoms with Crippen molar-refractivity contribution in [1.82, 2.24) is 0 Å². The molecule has 0 atom stereocenters. The first-order valence-corrected chi connectivity index (χ1v) is 4.96. The lowest BCUT2D eigenvalue weighted by Gasteiger charge is -2.01. The third kappa shape index (κ3) is 1.73. The van der Waals surface area contributed by atoms with Gasteiger partial charge in [-0.15, -0.1) is 11.3 Å². The van der Waals surface area contributed by atoms with Crippen molar-refractivity contribution in [2.24, 2.45) is 0 Å². The van der Waals surface area contributed by atoms with Gasteiger partial charge in [-0.2, -0.15) is 0 Å². The summed E-state index contributed by atoms with van der Waals surface area (Å²) >= 11 is 1.74. The Morgan fingerprint density at radius 2 is 2.08 bits per heavy atom. The molecule has 0 radical (unpaired) electrons. The molecule has 2 aromatic rings. The van der Waals surface area contributed by atoms with Crippen molar-refractivity contribution in [3.05, 3.63) is 41.8 Å². The van der Waals surface area contributed by atoms with Gasteiger partial charge < -0.3 is 4.74 Å². The first kappa shape index (κ1) is 8.32. The molecule has 0 amide bonds. The van der Waals surface area contributed by atoms with E-state index >= 15 is 0 Å². The molecule has 0 unspecified atom stereocenters. The van der Waals surface area contributed by atoms with Crippen LogP contribution in [0.4, 0.5) is 0 Å². The van der Waals surface area contributed by atoms with E-state index in [9.17, 15) is 0 Å². The van der Waals surface area contributed by atoms with Gasteiger partial charge in [-0.05, 0) is 29.1 Å². The molecule has 66 valence electrons. The molecule has 0 aliphatic heterocycles. The predicted molar refractivity (Wildman–Crippen MR) is 56.3 cm³/mol. The Labute approximate surface area is 81.6 Å². The van der Waals surface area contributed by atoms with E-state index in [4.69, 9.17) is 4.74 Å². The summed E-state index contributed by atoms with van der Waals surface area (Å²) in [6.07, 6.45) is 0. The fraction of sp³-hybridized carbons (Fsp3) is 0.0909. The number of hydrogen-bond donors (Lipinski definition) is 0. The Kier molecular flexibility index (Phi) is 2.32. The number of methoxy groups -OCH3 is 1. The lowest BCUT2D eigenvalue weighted by Crippen LogP contribution is -1.81. The average molecular weight is 190 g/mol. The lowest BCUT2D eigenvalue weighted by atomic mass is 10.2. The second-order valence-corrected chi connectivity index (χ2v) is 3.66. The van der Waals surface area contributed by atoms with Crippen LogP contribution in [0.1, 0.15) is 0 Å². The summed E-state index contributed by atoms with van der Waals surface area (Å²) in [4.78, 5) is 1.28. The first-order valence-electron chi connectivity index (χ1n) is 4.08. The summed E-state index contributed by atoms with van der Waals surface area (Å²) in [7, 11) is 1.69. The monoisotopic (exact) mass is 190 g/mol. The molecule has 2 rings (SSSR count). The van der Waals surface area contributed by atoms with E-state index in [1.54, 1.807) is 18.4 Å². The molecule has 1 aromatic heterocycles. The van der Waals surface area contributed by atoms with Gasteiger partial charge in [-0.3, -0.25) is 0 Å². The third-order valence-electron chi connectivity index (χ3n) is 1.88. The first-order chi connectivity index (χ1) is 6.40.